The molecule has 6 heteroatoms. The number of aryl methyl sites for hydroxylation is 1. The van der Waals surface area contributed by atoms with Crippen LogP contribution in [-0.4, -0.2) is 28.6 Å². The molecular weight excluding hydrogens is 311 g/mol. The Hall–Kier alpha value is -2.76. The number of nitrogens with one attached hydrogen (secondary N) is 1. The number of hydrogen-bond donors (Lipinski definition) is 1. The van der Waals surface area contributed by atoms with Crippen LogP contribution in [0.15, 0.2) is 35.1 Å². The third-order valence-corrected chi connectivity index (χ3v) is 4.14. The van der Waals surface area contributed by atoms with Gasteiger partial charge in [-0.15, -0.1) is 0 Å². The topological polar surface area (TPSA) is 70.2 Å². The second-order valence-corrected chi connectivity index (χ2v) is 5.97. The number of hydrogen-bond acceptors (Lipinski definition) is 3. The molecule has 0 atom stereocenters. The summed E-state index contributed by atoms with van der Waals surface area (Å²) < 4.78 is 13.2. The molecule has 0 fully saturated rings. The number of nitrogens with zero attached hydrogens (tertiary/aromatic N) is 1. The molecule has 1 aliphatic carbocycles. The van der Waals surface area contributed by atoms with E-state index in [0.717, 1.165) is 0 Å². The first-order valence-electron chi connectivity index (χ1n) is 7.75. The van der Waals surface area contributed by atoms with E-state index in [2.05, 4.69) is 4.98 Å². The smallest absolute Gasteiger partial charge is 0.261 e. The molecule has 1 aromatic carbocycles. The molecule has 0 bridgehead atoms. The third kappa shape index (κ3) is 3.13. The van der Waals surface area contributed by atoms with Crippen molar-refractivity contribution in [1.82, 2.24) is 9.88 Å². The van der Waals surface area contributed by atoms with Gasteiger partial charge in [0.25, 0.3) is 11.5 Å². The Bertz CT molecular complexity index is 873. The summed E-state index contributed by atoms with van der Waals surface area (Å²) in [7, 11) is 1.54. The molecule has 0 spiro atoms. The Morgan fingerprint density at radius 2 is 2.04 bits per heavy atom. The second kappa shape index (κ2) is 6.39. The van der Waals surface area contributed by atoms with Crippen LogP contribution in [0.4, 0.5) is 4.39 Å². The maximum absolute atomic E-state index is 13.2. The molecule has 0 aliphatic heterocycles. The number of rotatable bonds is 3. The fourth-order valence-corrected chi connectivity index (χ4v) is 2.92. The van der Waals surface area contributed by atoms with Gasteiger partial charge in [-0.1, -0.05) is 12.1 Å². The van der Waals surface area contributed by atoms with Crippen LogP contribution in [0.3, 0.4) is 0 Å². The number of fused-ring (bicyclic) bond motifs is 1. The van der Waals surface area contributed by atoms with E-state index in [0.29, 0.717) is 36.1 Å². The quantitative estimate of drug-likeness (QED) is 0.940. The molecule has 0 saturated heterocycles. The molecule has 24 heavy (non-hydrogen) atoms. The maximum Gasteiger partial charge on any atom is 0.261 e. The molecule has 2 aromatic rings. The van der Waals surface area contributed by atoms with Crippen LogP contribution in [0.2, 0.25) is 0 Å². The van der Waals surface area contributed by atoms with E-state index in [-0.39, 0.29) is 23.7 Å². The summed E-state index contributed by atoms with van der Waals surface area (Å²) in [6, 6.07) is 7.32. The van der Waals surface area contributed by atoms with Crippen molar-refractivity contribution in [3.05, 3.63) is 68.9 Å². The van der Waals surface area contributed by atoms with E-state index in [9.17, 15) is 18.8 Å². The number of carbonyl (C=O) groups excluding carboxylic acids is 2. The van der Waals surface area contributed by atoms with E-state index >= 15 is 0 Å². The second-order valence-electron chi connectivity index (χ2n) is 5.97. The summed E-state index contributed by atoms with van der Waals surface area (Å²) in [5, 5.41) is 0. The predicted octanol–water partition coefficient (Wildman–Crippen LogP) is 2.31. The minimum Gasteiger partial charge on any atom is -0.337 e. The number of halogens is 1. The van der Waals surface area contributed by atoms with Gasteiger partial charge in [0.15, 0.2) is 5.78 Å². The molecule has 0 unspecified atom stereocenters. The monoisotopic (exact) mass is 328 g/mol. The van der Waals surface area contributed by atoms with Gasteiger partial charge < -0.3 is 9.88 Å². The molecule has 1 aliphatic rings. The Morgan fingerprint density at radius 3 is 2.79 bits per heavy atom. The first kappa shape index (κ1) is 16.1. The van der Waals surface area contributed by atoms with Gasteiger partial charge in [0.2, 0.25) is 0 Å². The summed E-state index contributed by atoms with van der Waals surface area (Å²) in [6.45, 7) is 0.168. The Morgan fingerprint density at radius 1 is 1.25 bits per heavy atom. The van der Waals surface area contributed by atoms with Gasteiger partial charge in [-0.05, 0) is 36.6 Å². The SMILES string of the molecule is CN(Cc1cccc(F)c1)C(=O)c1cc2c([nH]c1=O)CCCC2=O. The Kier molecular flexibility index (Phi) is 4.29. The zero-order valence-corrected chi connectivity index (χ0v) is 13.3. The normalized spacial score (nSPS) is 13.5. The van der Waals surface area contributed by atoms with Gasteiger partial charge in [-0.2, -0.15) is 0 Å². The van der Waals surface area contributed by atoms with Crippen LogP contribution in [0.25, 0.3) is 0 Å². The summed E-state index contributed by atoms with van der Waals surface area (Å²) in [5.74, 6) is -0.943. The molecule has 1 amide bonds. The van der Waals surface area contributed by atoms with Crippen LogP contribution in [0.5, 0.6) is 0 Å². The number of pyridine rings is 1. The fourth-order valence-electron chi connectivity index (χ4n) is 2.92. The number of benzene rings is 1. The van der Waals surface area contributed by atoms with Crippen molar-refractivity contribution in [3.8, 4) is 0 Å². The zero-order valence-electron chi connectivity index (χ0n) is 13.3. The summed E-state index contributed by atoms with van der Waals surface area (Å²) in [4.78, 5) is 40.7. The van der Waals surface area contributed by atoms with Crippen LogP contribution in [0.1, 0.15) is 44.8 Å². The van der Waals surface area contributed by atoms with Gasteiger partial charge in [0, 0.05) is 31.3 Å². The minimum atomic E-state index is -0.500. The maximum atomic E-state index is 13.2. The lowest BCUT2D eigenvalue weighted by Crippen LogP contribution is -2.33. The predicted molar refractivity (Wildman–Crippen MR) is 86.5 cm³/mol. The average Bonchev–Trinajstić information content (AvgIpc) is 2.54. The molecule has 5 nitrogen and oxygen atoms in total. The van der Waals surface area contributed by atoms with E-state index < -0.39 is 11.5 Å². The largest absolute Gasteiger partial charge is 0.337 e. The summed E-state index contributed by atoms with van der Waals surface area (Å²) in [6.07, 6.45) is 1.75. The summed E-state index contributed by atoms with van der Waals surface area (Å²) in [5.41, 5.74) is 1.07. The number of carbonyl (C=O) groups is 2. The van der Waals surface area contributed by atoms with Crippen molar-refractivity contribution in [1.29, 1.82) is 0 Å². The van der Waals surface area contributed by atoms with E-state index in [1.54, 1.807) is 12.1 Å². The van der Waals surface area contributed by atoms with Crippen molar-refractivity contribution in [2.24, 2.45) is 0 Å². The lowest BCUT2D eigenvalue weighted by Gasteiger charge is -2.19. The first-order chi connectivity index (χ1) is 11.5. The van der Waals surface area contributed by atoms with Gasteiger partial charge in [0.05, 0.1) is 0 Å². The van der Waals surface area contributed by atoms with Crippen LogP contribution < -0.4 is 5.56 Å². The van der Waals surface area contributed by atoms with Gasteiger partial charge in [-0.25, -0.2) is 4.39 Å². The lowest BCUT2D eigenvalue weighted by atomic mass is 9.93. The highest BCUT2D eigenvalue weighted by Crippen LogP contribution is 2.19. The minimum absolute atomic E-state index is 0.0608. The number of ketones is 1. The number of aromatic nitrogens is 1. The highest BCUT2D eigenvalue weighted by atomic mass is 19.1. The van der Waals surface area contributed by atoms with Gasteiger partial charge in [-0.3, -0.25) is 14.4 Å². The fraction of sp³-hybridized carbons (Fsp3) is 0.278. The van der Waals surface area contributed by atoms with E-state index in [1.165, 1.54) is 30.1 Å². The molecule has 1 aromatic heterocycles. The van der Waals surface area contributed by atoms with Crippen LogP contribution in [0, 0.1) is 5.82 Å². The highest BCUT2D eigenvalue weighted by Gasteiger charge is 2.23. The van der Waals surface area contributed by atoms with Gasteiger partial charge >= 0.3 is 0 Å². The summed E-state index contributed by atoms with van der Waals surface area (Å²) >= 11 is 0. The Balaban J connectivity index is 1.88. The van der Waals surface area contributed by atoms with Crippen molar-refractivity contribution in [3.63, 3.8) is 0 Å². The molecule has 1 N–H and O–H groups in total. The highest BCUT2D eigenvalue weighted by molar-refractivity contribution is 6.01. The standard InChI is InChI=1S/C18H17FN2O3/c1-21(10-11-4-2-5-12(19)8-11)18(24)14-9-13-15(20-17(14)23)6-3-7-16(13)22/h2,4-5,8-9H,3,6-7,10H2,1H3,(H,20,23). The number of amides is 1. The molecule has 3 rings (SSSR count). The third-order valence-electron chi connectivity index (χ3n) is 4.14. The van der Waals surface area contributed by atoms with Crippen molar-refractivity contribution in [2.75, 3.05) is 7.05 Å². The Labute approximate surface area is 138 Å². The van der Waals surface area contributed by atoms with Crippen LogP contribution in [-0.2, 0) is 13.0 Å². The average molecular weight is 328 g/mol. The van der Waals surface area contributed by atoms with Gasteiger partial charge in [0.1, 0.15) is 11.4 Å². The van der Waals surface area contributed by atoms with Crippen molar-refractivity contribution in [2.45, 2.75) is 25.8 Å². The molecule has 1 heterocycles. The molecular formula is C18H17FN2O3. The first-order valence-corrected chi connectivity index (χ1v) is 7.75. The van der Waals surface area contributed by atoms with Crippen molar-refractivity contribution >= 4 is 11.7 Å². The van der Waals surface area contributed by atoms with E-state index in [1.807, 2.05) is 0 Å². The molecule has 124 valence electrons. The number of aromatic amines is 1. The lowest BCUT2D eigenvalue weighted by molar-refractivity contribution is 0.0783. The number of H-pyrrole nitrogens is 1. The van der Waals surface area contributed by atoms with E-state index in [4.69, 9.17) is 0 Å². The molecule has 0 saturated carbocycles. The van der Waals surface area contributed by atoms with Crippen LogP contribution >= 0.6 is 0 Å². The zero-order chi connectivity index (χ0) is 17.3. The molecule has 0 radical (unpaired) electrons. The number of Topliss-reactive ketones (excluding diaryl/α,β-unsaturated/α-hetero) is 1. The van der Waals surface area contributed by atoms with Crippen molar-refractivity contribution < 1.29 is 14.0 Å².